The van der Waals surface area contributed by atoms with Crippen molar-refractivity contribution in [3.8, 4) is 6.07 Å². The first kappa shape index (κ1) is 13.5. The first-order valence-corrected chi connectivity index (χ1v) is 7.82. The lowest BCUT2D eigenvalue weighted by atomic mass is 9.84. The summed E-state index contributed by atoms with van der Waals surface area (Å²) >= 11 is 0. The van der Waals surface area contributed by atoms with Crippen LogP contribution in [0.1, 0.15) is 25.7 Å². The van der Waals surface area contributed by atoms with E-state index in [2.05, 4.69) is 46.2 Å². The molecule has 2 aliphatic rings. The van der Waals surface area contributed by atoms with Crippen LogP contribution in [-0.2, 0) is 0 Å². The Balaban J connectivity index is 1.60. The van der Waals surface area contributed by atoms with Crippen molar-refractivity contribution in [3.63, 3.8) is 0 Å². The van der Waals surface area contributed by atoms with Crippen LogP contribution in [0.25, 0.3) is 0 Å². The van der Waals surface area contributed by atoms with Gasteiger partial charge in [0.25, 0.3) is 0 Å². The van der Waals surface area contributed by atoms with E-state index in [1.165, 1.54) is 24.9 Å². The fraction of sp³-hybridized carbons (Fsp3) is 0.588. The quantitative estimate of drug-likeness (QED) is 0.827. The van der Waals surface area contributed by atoms with E-state index in [-0.39, 0.29) is 5.92 Å². The molecule has 1 saturated heterocycles. The number of rotatable bonds is 2. The number of hydrogen-bond acceptors (Lipinski definition) is 3. The molecule has 0 radical (unpaired) electrons. The van der Waals surface area contributed by atoms with Crippen molar-refractivity contribution >= 4 is 5.69 Å². The van der Waals surface area contributed by atoms with Crippen molar-refractivity contribution in [3.05, 3.63) is 30.3 Å². The van der Waals surface area contributed by atoms with E-state index in [9.17, 15) is 5.26 Å². The molecule has 2 fully saturated rings. The van der Waals surface area contributed by atoms with Gasteiger partial charge in [-0.15, -0.1) is 0 Å². The SMILES string of the molecule is N#CC1CCCCC1N1CCN(c2ccccc2)CC1. The van der Waals surface area contributed by atoms with E-state index >= 15 is 0 Å². The smallest absolute Gasteiger partial charge is 0.0672 e. The van der Waals surface area contributed by atoms with Gasteiger partial charge in [-0.05, 0) is 25.0 Å². The molecule has 1 heterocycles. The molecule has 3 rings (SSSR count). The molecule has 0 aromatic heterocycles. The van der Waals surface area contributed by atoms with Crippen LogP contribution in [-0.4, -0.2) is 37.1 Å². The molecule has 0 amide bonds. The third-order valence-electron chi connectivity index (χ3n) is 4.80. The fourth-order valence-electron chi connectivity index (χ4n) is 3.65. The molecule has 1 aliphatic carbocycles. The standard InChI is InChI=1S/C17H23N3/c18-14-15-6-4-5-9-17(15)20-12-10-19(11-13-20)16-7-2-1-3-8-16/h1-3,7-8,15,17H,4-6,9-13H2. The average molecular weight is 269 g/mol. The Hall–Kier alpha value is -1.53. The molecule has 0 N–H and O–H groups in total. The predicted molar refractivity (Wildman–Crippen MR) is 81.6 cm³/mol. The molecular weight excluding hydrogens is 246 g/mol. The van der Waals surface area contributed by atoms with E-state index in [1.807, 2.05) is 0 Å². The van der Waals surface area contributed by atoms with Gasteiger partial charge in [0, 0.05) is 37.9 Å². The van der Waals surface area contributed by atoms with Gasteiger partial charge in [0.15, 0.2) is 0 Å². The molecule has 2 unspecified atom stereocenters. The number of benzene rings is 1. The highest BCUT2D eigenvalue weighted by Crippen LogP contribution is 2.29. The van der Waals surface area contributed by atoms with Gasteiger partial charge < -0.3 is 4.90 Å². The second-order valence-corrected chi connectivity index (χ2v) is 5.95. The van der Waals surface area contributed by atoms with Crippen molar-refractivity contribution in [2.45, 2.75) is 31.7 Å². The first-order valence-electron chi connectivity index (χ1n) is 7.82. The Morgan fingerprint density at radius 2 is 1.65 bits per heavy atom. The van der Waals surface area contributed by atoms with Crippen LogP contribution in [0.2, 0.25) is 0 Å². The molecule has 0 spiro atoms. The van der Waals surface area contributed by atoms with Gasteiger partial charge in [0.1, 0.15) is 0 Å². The minimum atomic E-state index is 0.257. The number of piperazine rings is 1. The molecule has 1 aliphatic heterocycles. The average Bonchev–Trinajstić information content (AvgIpc) is 2.56. The van der Waals surface area contributed by atoms with Gasteiger partial charge in [-0.3, -0.25) is 4.90 Å². The summed E-state index contributed by atoms with van der Waals surface area (Å²) in [6.07, 6.45) is 4.84. The van der Waals surface area contributed by atoms with Crippen LogP contribution >= 0.6 is 0 Å². The lowest BCUT2D eigenvalue weighted by Gasteiger charge is -2.43. The van der Waals surface area contributed by atoms with E-state index in [0.717, 1.165) is 32.6 Å². The normalized spacial score (nSPS) is 28.1. The molecule has 1 aromatic carbocycles. The van der Waals surface area contributed by atoms with Crippen LogP contribution in [0.5, 0.6) is 0 Å². The van der Waals surface area contributed by atoms with Crippen LogP contribution in [0, 0.1) is 17.2 Å². The van der Waals surface area contributed by atoms with Gasteiger partial charge in [-0.1, -0.05) is 31.0 Å². The summed E-state index contributed by atoms with van der Waals surface area (Å²) in [7, 11) is 0. The van der Waals surface area contributed by atoms with Gasteiger partial charge >= 0.3 is 0 Å². The van der Waals surface area contributed by atoms with E-state index in [0.29, 0.717) is 6.04 Å². The topological polar surface area (TPSA) is 30.3 Å². The van der Waals surface area contributed by atoms with E-state index in [1.54, 1.807) is 0 Å². The highest BCUT2D eigenvalue weighted by atomic mass is 15.3. The van der Waals surface area contributed by atoms with Crippen LogP contribution in [0.3, 0.4) is 0 Å². The summed E-state index contributed by atoms with van der Waals surface area (Å²) in [5, 5.41) is 9.34. The zero-order chi connectivity index (χ0) is 13.8. The minimum Gasteiger partial charge on any atom is -0.369 e. The molecule has 106 valence electrons. The monoisotopic (exact) mass is 269 g/mol. The fourth-order valence-corrected chi connectivity index (χ4v) is 3.65. The molecular formula is C17H23N3. The maximum absolute atomic E-state index is 9.34. The summed E-state index contributed by atoms with van der Waals surface area (Å²) in [5.41, 5.74) is 1.33. The third-order valence-corrected chi connectivity index (χ3v) is 4.80. The Morgan fingerprint density at radius 1 is 0.950 bits per heavy atom. The molecule has 0 bridgehead atoms. The maximum Gasteiger partial charge on any atom is 0.0672 e. The highest BCUT2D eigenvalue weighted by molar-refractivity contribution is 5.46. The second-order valence-electron chi connectivity index (χ2n) is 5.95. The minimum absolute atomic E-state index is 0.257. The number of nitrogens with zero attached hydrogens (tertiary/aromatic N) is 3. The zero-order valence-electron chi connectivity index (χ0n) is 12.0. The van der Waals surface area contributed by atoms with Gasteiger partial charge in [0.2, 0.25) is 0 Å². The Kier molecular flexibility index (Phi) is 4.22. The summed E-state index contributed by atoms with van der Waals surface area (Å²) < 4.78 is 0. The van der Waals surface area contributed by atoms with Crippen molar-refractivity contribution in [1.82, 2.24) is 4.90 Å². The van der Waals surface area contributed by atoms with Crippen LogP contribution in [0.15, 0.2) is 30.3 Å². The lowest BCUT2D eigenvalue weighted by Crippen LogP contribution is -2.53. The van der Waals surface area contributed by atoms with Crippen molar-refractivity contribution in [2.24, 2.45) is 5.92 Å². The third kappa shape index (κ3) is 2.81. The van der Waals surface area contributed by atoms with Crippen LogP contribution in [0.4, 0.5) is 5.69 Å². The number of anilines is 1. The molecule has 3 heteroatoms. The molecule has 2 atom stereocenters. The zero-order valence-corrected chi connectivity index (χ0v) is 12.0. The van der Waals surface area contributed by atoms with Crippen molar-refractivity contribution in [2.75, 3.05) is 31.1 Å². The Morgan fingerprint density at radius 3 is 2.35 bits per heavy atom. The highest BCUT2D eigenvalue weighted by Gasteiger charge is 2.31. The van der Waals surface area contributed by atoms with Crippen molar-refractivity contribution < 1.29 is 0 Å². The molecule has 1 saturated carbocycles. The Labute approximate surface area is 121 Å². The van der Waals surface area contributed by atoms with Gasteiger partial charge in [0.05, 0.1) is 12.0 Å². The largest absolute Gasteiger partial charge is 0.369 e. The molecule has 1 aromatic rings. The van der Waals surface area contributed by atoms with Crippen LogP contribution < -0.4 is 4.90 Å². The summed E-state index contributed by atoms with van der Waals surface area (Å²) in [6.45, 7) is 4.35. The van der Waals surface area contributed by atoms with Gasteiger partial charge in [-0.25, -0.2) is 0 Å². The first-order chi connectivity index (χ1) is 9.88. The lowest BCUT2D eigenvalue weighted by molar-refractivity contribution is 0.120. The number of nitriles is 1. The summed E-state index contributed by atoms with van der Waals surface area (Å²) in [6, 6.07) is 13.7. The molecule has 3 nitrogen and oxygen atoms in total. The summed E-state index contributed by atoms with van der Waals surface area (Å²) in [5.74, 6) is 0.257. The van der Waals surface area contributed by atoms with Gasteiger partial charge in [-0.2, -0.15) is 5.26 Å². The van der Waals surface area contributed by atoms with E-state index < -0.39 is 0 Å². The Bertz CT molecular complexity index is 457. The second kappa shape index (κ2) is 6.28. The number of para-hydroxylation sites is 1. The van der Waals surface area contributed by atoms with E-state index in [4.69, 9.17) is 0 Å². The maximum atomic E-state index is 9.34. The predicted octanol–water partition coefficient (Wildman–Crippen LogP) is 2.89. The summed E-state index contributed by atoms with van der Waals surface area (Å²) in [4.78, 5) is 5.02. The molecule has 20 heavy (non-hydrogen) atoms. The number of hydrogen-bond donors (Lipinski definition) is 0. The van der Waals surface area contributed by atoms with Crippen molar-refractivity contribution in [1.29, 1.82) is 5.26 Å².